The van der Waals surface area contributed by atoms with Crippen molar-refractivity contribution < 1.29 is 14.9 Å². The fourth-order valence-corrected chi connectivity index (χ4v) is 4.66. The van der Waals surface area contributed by atoms with Crippen molar-refractivity contribution >= 4 is 0 Å². The van der Waals surface area contributed by atoms with Crippen molar-refractivity contribution in [2.45, 2.75) is 44.3 Å². The molecule has 1 saturated carbocycles. The van der Waals surface area contributed by atoms with Crippen molar-refractivity contribution in [3.63, 3.8) is 0 Å². The van der Waals surface area contributed by atoms with E-state index in [0.717, 1.165) is 16.9 Å². The minimum Gasteiger partial charge on any atom is -0.497 e. The summed E-state index contributed by atoms with van der Waals surface area (Å²) < 4.78 is 5.25. The molecule has 3 unspecified atom stereocenters. The predicted molar refractivity (Wildman–Crippen MR) is 95.1 cm³/mol. The molecular weight excluding hydrogens is 300 g/mol. The smallest absolute Gasteiger partial charge is 0.125 e. The summed E-state index contributed by atoms with van der Waals surface area (Å²) in [5.74, 6) is 0.554. The van der Waals surface area contributed by atoms with Crippen LogP contribution in [0.4, 0.5) is 0 Å². The zero-order valence-corrected chi connectivity index (χ0v) is 14.8. The van der Waals surface area contributed by atoms with Gasteiger partial charge in [-0.15, -0.1) is 0 Å². The first kappa shape index (κ1) is 17.0. The molecule has 1 aliphatic rings. The zero-order valence-electron chi connectivity index (χ0n) is 14.8. The fraction of sp³-hybridized carbons (Fsp3) is 0.429. The van der Waals surface area contributed by atoms with Crippen LogP contribution < -0.4 is 4.74 Å². The van der Waals surface area contributed by atoms with Crippen LogP contribution in [-0.2, 0) is 5.60 Å². The van der Waals surface area contributed by atoms with E-state index in [1.807, 2.05) is 54.6 Å². The molecule has 0 aliphatic heterocycles. The maximum atomic E-state index is 11.8. The van der Waals surface area contributed by atoms with Crippen molar-refractivity contribution in [2.24, 2.45) is 5.41 Å². The van der Waals surface area contributed by atoms with Crippen molar-refractivity contribution in [1.29, 1.82) is 0 Å². The van der Waals surface area contributed by atoms with Crippen molar-refractivity contribution in [3.8, 4) is 5.75 Å². The van der Waals surface area contributed by atoms with E-state index < -0.39 is 11.2 Å². The van der Waals surface area contributed by atoms with Gasteiger partial charge < -0.3 is 14.9 Å². The minimum absolute atomic E-state index is 0.228. The maximum absolute atomic E-state index is 11.8. The third-order valence-electron chi connectivity index (χ3n) is 5.48. The molecule has 24 heavy (non-hydrogen) atoms. The molecule has 1 aliphatic carbocycles. The molecule has 2 aromatic carbocycles. The van der Waals surface area contributed by atoms with Crippen LogP contribution in [0, 0.1) is 5.41 Å². The Morgan fingerprint density at radius 1 is 0.917 bits per heavy atom. The van der Waals surface area contributed by atoms with Gasteiger partial charge in [-0.1, -0.05) is 56.3 Å². The average Bonchev–Trinajstić information content (AvgIpc) is 2.70. The quantitative estimate of drug-likeness (QED) is 0.901. The molecule has 0 aromatic heterocycles. The normalized spacial score (nSPS) is 31.8. The van der Waals surface area contributed by atoms with Gasteiger partial charge in [-0.2, -0.15) is 0 Å². The first-order valence-electron chi connectivity index (χ1n) is 8.36. The van der Waals surface area contributed by atoms with Gasteiger partial charge in [0, 0.05) is 5.92 Å². The number of rotatable bonds is 3. The topological polar surface area (TPSA) is 49.7 Å². The van der Waals surface area contributed by atoms with E-state index in [9.17, 15) is 10.2 Å². The number of methoxy groups -OCH3 is 1. The summed E-state index contributed by atoms with van der Waals surface area (Å²) >= 11 is 0. The number of hydrogen-bond acceptors (Lipinski definition) is 3. The number of hydrogen-bond donors (Lipinski definition) is 2. The lowest BCUT2D eigenvalue weighted by Gasteiger charge is -2.41. The molecular formula is C21H26O3. The molecule has 128 valence electrons. The van der Waals surface area contributed by atoms with Crippen LogP contribution >= 0.6 is 0 Å². The van der Waals surface area contributed by atoms with E-state index in [1.165, 1.54) is 0 Å². The summed E-state index contributed by atoms with van der Waals surface area (Å²) in [7, 11) is 1.64. The highest BCUT2D eigenvalue weighted by Crippen LogP contribution is 2.63. The Bertz CT molecular complexity index is 704. The zero-order chi connectivity index (χ0) is 17.6. The van der Waals surface area contributed by atoms with Crippen LogP contribution in [0.1, 0.15) is 44.2 Å². The van der Waals surface area contributed by atoms with Crippen LogP contribution in [0.15, 0.2) is 54.6 Å². The molecule has 0 radical (unpaired) electrons. The molecule has 0 bridgehead atoms. The summed E-state index contributed by atoms with van der Waals surface area (Å²) in [6, 6.07) is 17.3. The Morgan fingerprint density at radius 2 is 1.50 bits per heavy atom. The van der Waals surface area contributed by atoms with Crippen LogP contribution in [0.25, 0.3) is 0 Å². The lowest BCUT2D eigenvalue weighted by atomic mass is 9.69. The fourth-order valence-electron chi connectivity index (χ4n) is 4.66. The highest BCUT2D eigenvalue weighted by Gasteiger charge is 2.64. The van der Waals surface area contributed by atoms with Crippen LogP contribution in [-0.4, -0.2) is 22.9 Å². The van der Waals surface area contributed by atoms with Crippen LogP contribution in [0.2, 0.25) is 0 Å². The molecule has 2 N–H and O–H groups in total. The molecule has 0 amide bonds. The minimum atomic E-state index is -1.35. The molecule has 3 heteroatoms. The number of ether oxygens (including phenoxy) is 1. The van der Waals surface area contributed by atoms with Crippen molar-refractivity contribution in [2.75, 3.05) is 7.11 Å². The Labute approximate surface area is 143 Å². The lowest BCUT2D eigenvalue weighted by Crippen LogP contribution is -2.48. The summed E-state index contributed by atoms with van der Waals surface area (Å²) in [4.78, 5) is 0. The lowest BCUT2D eigenvalue weighted by molar-refractivity contribution is -0.134. The van der Waals surface area contributed by atoms with E-state index in [-0.39, 0.29) is 11.3 Å². The summed E-state index contributed by atoms with van der Waals surface area (Å²) in [6.45, 7) is 5.96. The number of benzene rings is 2. The van der Waals surface area contributed by atoms with Gasteiger partial charge >= 0.3 is 0 Å². The second-order valence-corrected chi connectivity index (χ2v) is 7.78. The number of aliphatic hydroxyl groups is 2. The summed E-state index contributed by atoms with van der Waals surface area (Å²) in [5, 5.41) is 22.9. The predicted octanol–water partition coefficient (Wildman–Crippen LogP) is 3.85. The average molecular weight is 326 g/mol. The maximum Gasteiger partial charge on any atom is 0.125 e. The Kier molecular flexibility index (Phi) is 3.97. The van der Waals surface area contributed by atoms with Gasteiger partial charge in [0.25, 0.3) is 0 Å². The van der Waals surface area contributed by atoms with E-state index in [4.69, 9.17) is 4.74 Å². The molecule has 3 rings (SSSR count). The van der Waals surface area contributed by atoms with Gasteiger partial charge in [-0.05, 0) is 42.0 Å². The molecule has 1 fully saturated rings. The van der Waals surface area contributed by atoms with Gasteiger partial charge in [0.1, 0.15) is 11.4 Å². The van der Waals surface area contributed by atoms with Crippen LogP contribution in [0.3, 0.4) is 0 Å². The van der Waals surface area contributed by atoms with Gasteiger partial charge in [-0.3, -0.25) is 0 Å². The third kappa shape index (κ3) is 2.43. The third-order valence-corrected chi connectivity index (χ3v) is 5.48. The SMILES string of the molecule is COc1ccc(C2C(C)(C)CC(C)(O)C2(O)c2ccccc2)cc1. The van der Waals surface area contributed by atoms with E-state index in [2.05, 4.69) is 13.8 Å². The Balaban J connectivity index is 2.18. The molecule has 3 nitrogen and oxygen atoms in total. The first-order chi connectivity index (χ1) is 11.2. The van der Waals surface area contributed by atoms with Gasteiger partial charge in [-0.25, -0.2) is 0 Å². The van der Waals surface area contributed by atoms with Crippen LogP contribution in [0.5, 0.6) is 5.75 Å². The van der Waals surface area contributed by atoms with Crippen molar-refractivity contribution in [3.05, 3.63) is 65.7 Å². The molecule has 3 atom stereocenters. The molecule has 0 heterocycles. The standard InChI is InChI=1S/C21H26O3/c1-19(2)14-20(3,22)21(23,16-8-6-5-7-9-16)18(19)15-10-12-17(24-4)13-11-15/h5-13,18,22-23H,14H2,1-4H3. The largest absolute Gasteiger partial charge is 0.497 e. The van der Waals surface area contributed by atoms with Crippen molar-refractivity contribution in [1.82, 2.24) is 0 Å². The molecule has 0 spiro atoms. The second kappa shape index (κ2) is 5.61. The highest BCUT2D eigenvalue weighted by molar-refractivity contribution is 5.41. The Morgan fingerprint density at radius 3 is 2.04 bits per heavy atom. The first-order valence-corrected chi connectivity index (χ1v) is 8.36. The van der Waals surface area contributed by atoms with E-state index in [0.29, 0.717) is 6.42 Å². The molecule has 0 saturated heterocycles. The van der Waals surface area contributed by atoms with Gasteiger partial charge in [0.15, 0.2) is 0 Å². The monoisotopic (exact) mass is 326 g/mol. The summed E-state index contributed by atoms with van der Waals surface area (Å²) in [6.07, 6.45) is 0.516. The van der Waals surface area contributed by atoms with E-state index >= 15 is 0 Å². The summed E-state index contributed by atoms with van der Waals surface area (Å²) in [5.41, 5.74) is -1.08. The van der Waals surface area contributed by atoms with Gasteiger partial charge in [0.2, 0.25) is 0 Å². The molecule has 2 aromatic rings. The Hall–Kier alpha value is -1.84. The highest BCUT2D eigenvalue weighted by atomic mass is 16.5. The second-order valence-electron chi connectivity index (χ2n) is 7.78. The van der Waals surface area contributed by atoms with Gasteiger partial charge in [0.05, 0.1) is 12.7 Å². The van der Waals surface area contributed by atoms with E-state index in [1.54, 1.807) is 14.0 Å².